The Bertz CT molecular complexity index is 372. The quantitative estimate of drug-likeness (QED) is 0.690. The number of rotatable bonds is 1. The molecule has 74 valence electrons. The van der Waals surface area contributed by atoms with Crippen LogP contribution in [-0.4, -0.2) is 17.9 Å². The summed E-state index contributed by atoms with van der Waals surface area (Å²) in [4.78, 5) is 4.78. The lowest BCUT2D eigenvalue weighted by atomic mass is 9.89. The number of hydrogen-bond acceptors (Lipinski definition) is 3. The number of phenols is 1. The molecule has 3 nitrogen and oxygen atoms in total. The van der Waals surface area contributed by atoms with Crippen LogP contribution in [0.5, 0.6) is 5.75 Å². The molecule has 1 aliphatic carbocycles. The van der Waals surface area contributed by atoms with E-state index in [0.29, 0.717) is 5.75 Å². The number of fused-ring (bicyclic) bond motifs is 1. The van der Waals surface area contributed by atoms with Crippen LogP contribution in [0.1, 0.15) is 24.0 Å². The fourth-order valence-corrected chi connectivity index (χ4v) is 1.88. The van der Waals surface area contributed by atoms with E-state index in [4.69, 9.17) is 4.84 Å². The fourth-order valence-electron chi connectivity index (χ4n) is 1.88. The van der Waals surface area contributed by atoms with Crippen LogP contribution in [0.25, 0.3) is 0 Å². The first-order valence-corrected chi connectivity index (χ1v) is 4.74. The first kappa shape index (κ1) is 9.06. The molecule has 0 spiro atoms. The molecule has 14 heavy (non-hydrogen) atoms. The maximum Gasteiger partial charge on any atom is 0.119 e. The summed E-state index contributed by atoms with van der Waals surface area (Å²) in [6.45, 7) is 0. The summed E-state index contributed by atoms with van der Waals surface area (Å²) in [6.07, 6.45) is 2.86. The SMILES string of the molecule is CON=C1CCCc2c(O)cccc21. The normalized spacial score (nSPS) is 17.9. The van der Waals surface area contributed by atoms with Crippen LogP contribution in [0.2, 0.25) is 0 Å². The van der Waals surface area contributed by atoms with Gasteiger partial charge in [0, 0.05) is 11.1 Å². The van der Waals surface area contributed by atoms with Gasteiger partial charge in [-0.2, -0.15) is 0 Å². The molecule has 0 fully saturated rings. The summed E-state index contributed by atoms with van der Waals surface area (Å²) in [7, 11) is 1.55. The van der Waals surface area contributed by atoms with Gasteiger partial charge in [0.2, 0.25) is 0 Å². The van der Waals surface area contributed by atoms with Gasteiger partial charge < -0.3 is 9.94 Å². The molecule has 0 saturated carbocycles. The maximum atomic E-state index is 9.65. The highest BCUT2D eigenvalue weighted by Gasteiger charge is 2.18. The zero-order valence-electron chi connectivity index (χ0n) is 8.16. The van der Waals surface area contributed by atoms with E-state index >= 15 is 0 Å². The van der Waals surface area contributed by atoms with Crippen LogP contribution >= 0.6 is 0 Å². The van der Waals surface area contributed by atoms with Crippen molar-refractivity contribution >= 4 is 5.71 Å². The largest absolute Gasteiger partial charge is 0.508 e. The minimum absolute atomic E-state index is 0.367. The Kier molecular flexibility index (Phi) is 2.39. The molecule has 0 saturated heterocycles. The molecule has 1 aromatic carbocycles. The molecule has 0 aliphatic heterocycles. The van der Waals surface area contributed by atoms with Crippen molar-refractivity contribution in [1.29, 1.82) is 0 Å². The molecule has 1 aliphatic rings. The van der Waals surface area contributed by atoms with E-state index in [2.05, 4.69) is 5.16 Å². The summed E-state index contributed by atoms with van der Waals surface area (Å²) in [5, 5.41) is 13.6. The van der Waals surface area contributed by atoms with Crippen LogP contribution in [0.4, 0.5) is 0 Å². The minimum Gasteiger partial charge on any atom is -0.508 e. The molecule has 0 aromatic heterocycles. The highest BCUT2D eigenvalue weighted by Crippen LogP contribution is 2.28. The van der Waals surface area contributed by atoms with Gasteiger partial charge in [-0.3, -0.25) is 0 Å². The molecule has 0 amide bonds. The molecule has 3 heteroatoms. The number of benzene rings is 1. The van der Waals surface area contributed by atoms with Crippen LogP contribution in [0.15, 0.2) is 23.4 Å². The molecule has 0 atom stereocenters. The van der Waals surface area contributed by atoms with Crippen molar-refractivity contribution in [2.24, 2.45) is 5.16 Å². The molecule has 1 aromatic rings. The van der Waals surface area contributed by atoms with Crippen LogP contribution in [-0.2, 0) is 11.3 Å². The number of phenolic OH excluding ortho intramolecular Hbond substituents is 1. The van der Waals surface area contributed by atoms with E-state index in [9.17, 15) is 5.11 Å². The molecule has 0 radical (unpaired) electrons. The Balaban J connectivity index is 2.50. The highest BCUT2D eigenvalue weighted by atomic mass is 16.6. The second-order valence-electron chi connectivity index (χ2n) is 3.38. The monoisotopic (exact) mass is 191 g/mol. The van der Waals surface area contributed by atoms with Gasteiger partial charge in [-0.25, -0.2) is 0 Å². The number of oxime groups is 1. The molecule has 0 heterocycles. The van der Waals surface area contributed by atoms with E-state index < -0.39 is 0 Å². The van der Waals surface area contributed by atoms with E-state index in [1.807, 2.05) is 12.1 Å². The smallest absolute Gasteiger partial charge is 0.119 e. The number of nitrogens with zero attached hydrogens (tertiary/aromatic N) is 1. The Labute approximate surface area is 83.0 Å². The summed E-state index contributed by atoms with van der Waals surface area (Å²) >= 11 is 0. The average Bonchev–Trinajstić information content (AvgIpc) is 2.20. The van der Waals surface area contributed by atoms with Gasteiger partial charge >= 0.3 is 0 Å². The Morgan fingerprint density at radius 3 is 3.00 bits per heavy atom. The van der Waals surface area contributed by atoms with Crippen molar-refractivity contribution in [3.63, 3.8) is 0 Å². The lowest BCUT2D eigenvalue weighted by Gasteiger charge is -2.17. The number of aromatic hydroxyl groups is 1. The fraction of sp³-hybridized carbons (Fsp3) is 0.364. The Morgan fingerprint density at radius 2 is 2.21 bits per heavy atom. The Hall–Kier alpha value is -1.51. The summed E-state index contributed by atoms with van der Waals surface area (Å²) in [5.74, 6) is 0.367. The van der Waals surface area contributed by atoms with Gasteiger partial charge in [-0.1, -0.05) is 17.3 Å². The zero-order chi connectivity index (χ0) is 9.97. The van der Waals surface area contributed by atoms with Gasteiger partial charge in [0.1, 0.15) is 12.9 Å². The van der Waals surface area contributed by atoms with E-state index in [1.165, 1.54) is 0 Å². The molecular formula is C11H13NO2. The van der Waals surface area contributed by atoms with Crippen LogP contribution in [0, 0.1) is 0 Å². The Morgan fingerprint density at radius 1 is 1.36 bits per heavy atom. The second-order valence-corrected chi connectivity index (χ2v) is 3.38. The van der Waals surface area contributed by atoms with Crippen molar-refractivity contribution in [2.45, 2.75) is 19.3 Å². The lowest BCUT2D eigenvalue weighted by molar-refractivity contribution is 0.212. The lowest BCUT2D eigenvalue weighted by Crippen LogP contribution is -2.12. The van der Waals surface area contributed by atoms with E-state index in [1.54, 1.807) is 13.2 Å². The zero-order valence-corrected chi connectivity index (χ0v) is 8.16. The van der Waals surface area contributed by atoms with Crippen molar-refractivity contribution < 1.29 is 9.94 Å². The minimum atomic E-state index is 0.367. The van der Waals surface area contributed by atoms with Crippen molar-refractivity contribution in [1.82, 2.24) is 0 Å². The summed E-state index contributed by atoms with van der Waals surface area (Å²) in [6, 6.07) is 5.53. The molecular weight excluding hydrogens is 178 g/mol. The summed E-state index contributed by atoms with van der Waals surface area (Å²) in [5.41, 5.74) is 2.96. The maximum absolute atomic E-state index is 9.65. The van der Waals surface area contributed by atoms with Gasteiger partial charge in [0.05, 0.1) is 5.71 Å². The van der Waals surface area contributed by atoms with Crippen molar-refractivity contribution in [2.75, 3.05) is 7.11 Å². The summed E-state index contributed by atoms with van der Waals surface area (Å²) < 4.78 is 0. The van der Waals surface area contributed by atoms with E-state index in [0.717, 1.165) is 36.1 Å². The van der Waals surface area contributed by atoms with E-state index in [-0.39, 0.29) is 0 Å². The molecule has 0 unspecified atom stereocenters. The average molecular weight is 191 g/mol. The van der Waals surface area contributed by atoms with Gasteiger partial charge in [0.15, 0.2) is 0 Å². The number of hydrogen-bond donors (Lipinski definition) is 1. The molecule has 2 rings (SSSR count). The standard InChI is InChI=1S/C11H13NO2/c1-14-12-10-6-2-5-9-8(10)4-3-7-11(9)13/h3-4,7,13H,2,5-6H2,1H3. The topological polar surface area (TPSA) is 41.8 Å². The van der Waals surface area contributed by atoms with Gasteiger partial charge in [-0.15, -0.1) is 0 Å². The molecule has 1 N–H and O–H groups in total. The predicted octanol–water partition coefficient (Wildman–Crippen LogP) is 2.08. The molecule has 0 bridgehead atoms. The first-order chi connectivity index (χ1) is 6.83. The third-order valence-electron chi connectivity index (χ3n) is 2.50. The second kappa shape index (κ2) is 3.70. The third kappa shape index (κ3) is 1.45. The highest BCUT2D eigenvalue weighted by molar-refractivity contribution is 6.02. The predicted molar refractivity (Wildman–Crippen MR) is 54.6 cm³/mol. The first-order valence-electron chi connectivity index (χ1n) is 4.74. The van der Waals surface area contributed by atoms with Gasteiger partial charge in [0.25, 0.3) is 0 Å². The van der Waals surface area contributed by atoms with Crippen LogP contribution < -0.4 is 0 Å². The van der Waals surface area contributed by atoms with Crippen molar-refractivity contribution in [3.8, 4) is 5.75 Å². The van der Waals surface area contributed by atoms with Crippen LogP contribution in [0.3, 0.4) is 0 Å². The third-order valence-corrected chi connectivity index (χ3v) is 2.50. The van der Waals surface area contributed by atoms with Gasteiger partial charge in [-0.05, 0) is 25.3 Å². The van der Waals surface area contributed by atoms with Crippen molar-refractivity contribution in [3.05, 3.63) is 29.3 Å².